The van der Waals surface area contributed by atoms with Crippen molar-refractivity contribution >= 4 is 32.8 Å². The number of aliphatic carboxylic acids is 1. The first-order valence-electron chi connectivity index (χ1n) is 6.93. The van der Waals surface area contributed by atoms with Gasteiger partial charge in [0.05, 0.1) is 4.90 Å². The summed E-state index contributed by atoms with van der Waals surface area (Å²) in [6, 6.07) is 5.17. The maximum atomic E-state index is 12.1. The Balaban J connectivity index is 0.00000108. The molecule has 0 aliphatic carbocycles. The lowest BCUT2D eigenvalue weighted by atomic mass is 10.1. The number of hydrogen-bond donors (Lipinski definition) is 2. The van der Waals surface area contributed by atoms with Crippen LogP contribution in [-0.4, -0.2) is 30.8 Å². The van der Waals surface area contributed by atoms with Crippen LogP contribution < -0.4 is 4.72 Å². The van der Waals surface area contributed by atoms with Gasteiger partial charge >= 0.3 is 5.97 Å². The number of halogens is 1. The van der Waals surface area contributed by atoms with Crippen molar-refractivity contribution < 1.29 is 23.1 Å². The molecule has 0 aliphatic rings. The number of rotatable bonds is 6. The molecule has 8 heteroatoms. The molecule has 0 saturated heterocycles. The highest BCUT2D eigenvalue weighted by Gasteiger charge is 2.25. The van der Waals surface area contributed by atoms with Crippen LogP contribution in [0.1, 0.15) is 32.8 Å². The number of aryl methyl sites for hydroxylation is 1. The van der Waals surface area contributed by atoms with E-state index < -0.39 is 22.0 Å². The molecule has 0 spiro atoms. The Hall–Kier alpha value is -1.44. The van der Waals surface area contributed by atoms with Gasteiger partial charge in [0.1, 0.15) is 6.04 Å². The Labute approximate surface area is 141 Å². The fourth-order valence-corrected chi connectivity index (χ4v) is 2.85. The maximum Gasteiger partial charge on any atom is 0.321 e. The minimum atomic E-state index is -3.80. The number of carboxylic acids is 1. The minimum Gasteiger partial charge on any atom is -0.480 e. The van der Waals surface area contributed by atoms with E-state index in [0.29, 0.717) is 0 Å². The molecule has 0 heterocycles. The van der Waals surface area contributed by atoms with Gasteiger partial charge < -0.3 is 5.11 Å². The summed E-state index contributed by atoms with van der Waals surface area (Å²) in [7, 11) is -3.80. The SMILES string of the molecule is CC(=O)Cl.Cc1ccc(S(=O)(=O)NC(CC(C)C)C(=O)O)cc1. The van der Waals surface area contributed by atoms with Gasteiger partial charge in [-0.25, -0.2) is 8.42 Å². The van der Waals surface area contributed by atoms with E-state index in [1.807, 2.05) is 20.8 Å². The number of benzene rings is 1. The Morgan fingerprint density at radius 1 is 1.22 bits per heavy atom. The topological polar surface area (TPSA) is 101 Å². The molecule has 130 valence electrons. The van der Waals surface area contributed by atoms with Gasteiger partial charge in [0.15, 0.2) is 0 Å². The lowest BCUT2D eigenvalue weighted by Crippen LogP contribution is -2.41. The molecule has 1 aromatic carbocycles. The maximum absolute atomic E-state index is 12.1. The number of hydrogen-bond acceptors (Lipinski definition) is 4. The first kappa shape index (κ1) is 21.6. The van der Waals surface area contributed by atoms with Crippen molar-refractivity contribution in [1.82, 2.24) is 4.72 Å². The molecular weight excluding hydrogens is 342 g/mol. The Morgan fingerprint density at radius 2 is 1.65 bits per heavy atom. The molecule has 0 amide bonds. The fourth-order valence-electron chi connectivity index (χ4n) is 1.64. The van der Waals surface area contributed by atoms with E-state index in [4.69, 9.17) is 5.11 Å². The number of nitrogens with one attached hydrogen (secondary N) is 1. The van der Waals surface area contributed by atoms with Crippen molar-refractivity contribution in [2.45, 2.75) is 45.1 Å². The first-order valence-corrected chi connectivity index (χ1v) is 8.79. The molecule has 1 unspecified atom stereocenters. The molecule has 0 fully saturated rings. The van der Waals surface area contributed by atoms with Crippen molar-refractivity contribution in [3.05, 3.63) is 29.8 Å². The van der Waals surface area contributed by atoms with Gasteiger partial charge in [-0.2, -0.15) is 4.72 Å². The van der Waals surface area contributed by atoms with Crippen LogP contribution in [0.15, 0.2) is 29.2 Å². The Bertz CT molecular complexity index is 622. The Kier molecular flexibility index (Phi) is 9.04. The molecule has 0 saturated carbocycles. The average Bonchev–Trinajstić information content (AvgIpc) is 2.36. The van der Waals surface area contributed by atoms with E-state index >= 15 is 0 Å². The summed E-state index contributed by atoms with van der Waals surface area (Å²) in [4.78, 5) is 20.4. The van der Waals surface area contributed by atoms with E-state index in [-0.39, 0.29) is 22.5 Å². The number of carbonyl (C=O) groups excluding carboxylic acids is 1. The normalized spacial score (nSPS) is 12.3. The second-order valence-corrected chi connectivity index (χ2v) is 7.67. The summed E-state index contributed by atoms with van der Waals surface area (Å²) in [5.74, 6) is -1.08. The Morgan fingerprint density at radius 3 is 2.00 bits per heavy atom. The third kappa shape index (κ3) is 9.32. The van der Waals surface area contributed by atoms with E-state index in [9.17, 15) is 18.0 Å². The highest BCUT2D eigenvalue weighted by atomic mass is 35.5. The van der Waals surface area contributed by atoms with Gasteiger partial charge in [0.25, 0.3) is 0 Å². The van der Waals surface area contributed by atoms with Gasteiger partial charge in [0.2, 0.25) is 15.3 Å². The molecular formula is C15H22ClNO5S. The molecule has 1 aromatic rings. The number of sulfonamides is 1. The van der Waals surface area contributed by atoms with Crippen molar-refractivity contribution in [2.24, 2.45) is 5.92 Å². The average molecular weight is 364 g/mol. The monoisotopic (exact) mass is 363 g/mol. The van der Waals surface area contributed by atoms with E-state index in [0.717, 1.165) is 5.56 Å². The van der Waals surface area contributed by atoms with Crippen molar-refractivity contribution in [2.75, 3.05) is 0 Å². The summed E-state index contributed by atoms with van der Waals surface area (Å²) < 4.78 is 26.4. The zero-order valence-electron chi connectivity index (χ0n) is 13.5. The standard InChI is InChI=1S/C13H19NO4S.C2H3ClO/c1-9(2)8-12(13(15)16)14-19(17,18)11-6-4-10(3)5-7-11;1-2(3)4/h4-7,9,12,14H,8H2,1-3H3,(H,15,16);1H3. The van der Waals surface area contributed by atoms with Crippen LogP contribution >= 0.6 is 11.6 Å². The van der Waals surface area contributed by atoms with Crippen molar-refractivity contribution in [1.29, 1.82) is 0 Å². The molecule has 0 bridgehead atoms. The summed E-state index contributed by atoms with van der Waals surface area (Å²) in [5, 5.41) is 8.69. The lowest BCUT2D eigenvalue weighted by Gasteiger charge is -2.16. The van der Waals surface area contributed by atoms with Gasteiger partial charge in [-0.05, 0) is 43.0 Å². The van der Waals surface area contributed by atoms with Crippen molar-refractivity contribution in [3.63, 3.8) is 0 Å². The lowest BCUT2D eigenvalue weighted by molar-refractivity contribution is -0.139. The number of carbonyl (C=O) groups is 2. The molecule has 2 N–H and O–H groups in total. The molecule has 0 radical (unpaired) electrons. The third-order valence-electron chi connectivity index (χ3n) is 2.63. The van der Waals surface area contributed by atoms with Gasteiger partial charge in [0, 0.05) is 6.92 Å². The third-order valence-corrected chi connectivity index (χ3v) is 4.12. The van der Waals surface area contributed by atoms with Gasteiger partial charge in [-0.1, -0.05) is 31.5 Å². The van der Waals surface area contributed by atoms with Crippen LogP contribution in [0.2, 0.25) is 0 Å². The van der Waals surface area contributed by atoms with E-state index in [2.05, 4.69) is 16.3 Å². The van der Waals surface area contributed by atoms with Crippen LogP contribution in [0.4, 0.5) is 0 Å². The largest absolute Gasteiger partial charge is 0.480 e. The zero-order valence-corrected chi connectivity index (χ0v) is 15.1. The highest BCUT2D eigenvalue weighted by Crippen LogP contribution is 2.13. The smallest absolute Gasteiger partial charge is 0.321 e. The van der Waals surface area contributed by atoms with Crippen LogP contribution in [0.25, 0.3) is 0 Å². The molecule has 1 atom stereocenters. The zero-order chi connectivity index (χ0) is 18.2. The summed E-state index contributed by atoms with van der Waals surface area (Å²) in [6.07, 6.45) is 0.250. The highest BCUT2D eigenvalue weighted by molar-refractivity contribution is 7.89. The predicted octanol–water partition coefficient (Wildman–Crippen LogP) is 2.54. The van der Waals surface area contributed by atoms with Crippen LogP contribution in [0, 0.1) is 12.8 Å². The predicted molar refractivity (Wildman–Crippen MR) is 88.9 cm³/mol. The summed E-state index contributed by atoms with van der Waals surface area (Å²) in [6.45, 7) is 6.83. The molecule has 6 nitrogen and oxygen atoms in total. The summed E-state index contributed by atoms with van der Waals surface area (Å²) >= 11 is 4.64. The van der Waals surface area contributed by atoms with Crippen LogP contribution in [-0.2, 0) is 19.6 Å². The molecule has 0 aromatic heterocycles. The quantitative estimate of drug-likeness (QED) is 0.756. The van der Waals surface area contributed by atoms with Crippen LogP contribution in [0.5, 0.6) is 0 Å². The van der Waals surface area contributed by atoms with Crippen molar-refractivity contribution in [3.8, 4) is 0 Å². The molecule has 1 rings (SSSR count). The number of carboxylic acid groups (broad SMARTS) is 1. The molecule has 23 heavy (non-hydrogen) atoms. The molecule has 0 aliphatic heterocycles. The van der Waals surface area contributed by atoms with E-state index in [1.165, 1.54) is 19.1 Å². The van der Waals surface area contributed by atoms with Crippen LogP contribution in [0.3, 0.4) is 0 Å². The summed E-state index contributed by atoms with van der Waals surface area (Å²) in [5.41, 5.74) is 0.941. The second kappa shape index (κ2) is 9.64. The van der Waals surface area contributed by atoms with E-state index in [1.54, 1.807) is 12.1 Å². The fraction of sp³-hybridized carbons (Fsp3) is 0.467. The second-order valence-electron chi connectivity index (χ2n) is 5.42. The van der Waals surface area contributed by atoms with Gasteiger partial charge in [-0.15, -0.1) is 0 Å². The minimum absolute atomic E-state index is 0.0770. The van der Waals surface area contributed by atoms with Gasteiger partial charge in [-0.3, -0.25) is 9.59 Å². The first-order chi connectivity index (χ1) is 10.5.